The second-order valence-corrected chi connectivity index (χ2v) is 10.4. The zero-order valence-corrected chi connectivity index (χ0v) is 19.0. The molecule has 0 aliphatic carbocycles. The van der Waals surface area contributed by atoms with Crippen LogP contribution in [0.1, 0.15) is 15.2 Å². The lowest BCUT2D eigenvalue weighted by Gasteiger charge is -2.10. The molecule has 0 atom stereocenters. The van der Waals surface area contributed by atoms with Crippen LogP contribution in [-0.2, 0) is 15.6 Å². The van der Waals surface area contributed by atoms with Crippen LogP contribution in [-0.4, -0.2) is 29.0 Å². The van der Waals surface area contributed by atoms with E-state index in [1.54, 1.807) is 6.07 Å². The predicted molar refractivity (Wildman–Crippen MR) is 122 cm³/mol. The van der Waals surface area contributed by atoms with E-state index < -0.39 is 32.8 Å². The van der Waals surface area contributed by atoms with E-state index in [4.69, 9.17) is 23.2 Å². The Morgan fingerprint density at radius 2 is 1.75 bits per heavy atom. The van der Waals surface area contributed by atoms with Gasteiger partial charge in [-0.15, -0.1) is 11.3 Å². The number of hydrogen-bond acceptors (Lipinski definition) is 6. The van der Waals surface area contributed by atoms with Crippen LogP contribution in [0.2, 0.25) is 10.0 Å². The molecule has 0 bridgehead atoms. The first-order valence-electron chi connectivity index (χ1n) is 8.86. The Morgan fingerprint density at radius 1 is 1.09 bits per heavy atom. The Hall–Kier alpha value is -2.92. The summed E-state index contributed by atoms with van der Waals surface area (Å²) >= 11 is 13.0. The number of nitrogens with one attached hydrogen (secondary N) is 1. The summed E-state index contributed by atoms with van der Waals surface area (Å²) in [5, 5.41) is 10.9. The number of thiophene rings is 1. The normalized spacial score (nSPS) is 11.7. The zero-order valence-electron chi connectivity index (χ0n) is 15.8. The number of aromatic amines is 1. The molecule has 0 radical (unpaired) electrons. The summed E-state index contributed by atoms with van der Waals surface area (Å²) in [7, 11) is -3.96. The minimum Gasteiger partial charge on any atom is -0.477 e. The van der Waals surface area contributed by atoms with Gasteiger partial charge in [-0.3, -0.25) is 4.79 Å². The summed E-state index contributed by atoms with van der Waals surface area (Å²) in [6, 6.07) is 9.85. The highest BCUT2D eigenvalue weighted by atomic mass is 35.5. The van der Waals surface area contributed by atoms with Crippen molar-refractivity contribution in [1.82, 2.24) is 9.55 Å². The van der Waals surface area contributed by atoms with Crippen LogP contribution in [0.25, 0.3) is 16.6 Å². The molecular formula is C20H12Cl2N2O6S2. The molecule has 8 nitrogen and oxygen atoms in total. The standard InChI is InChI=1S/C20H12Cl2N2O6S2/c21-13-5-2-6-14(22)12(13)9-32(29,30)11-4-1-3-10(7-11)24-18(25)16-15(23-20(24)28)8-31-17(16)19(26)27/h1-8H,9H2,(H,23,28)(H,26,27). The predicted octanol–water partition coefficient (Wildman–Crippen LogP) is 3.72. The quantitative estimate of drug-likeness (QED) is 0.421. The third-order valence-corrected chi connectivity index (χ3v) is 8.00. The van der Waals surface area contributed by atoms with Crippen LogP contribution >= 0.6 is 34.5 Å². The van der Waals surface area contributed by atoms with Crippen molar-refractivity contribution in [3.8, 4) is 5.69 Å². The monoisotopic (exact) mass is 510 g/mol. The van der Waals surface area contributed by atoms with E-state index >= 15 is 0 Å². The SMILES string of the molecule is O=C(O)c1scc2[nH]c(=O)n(-c3cccc(S(=O)(=O)Cc4c(Cl)cccc4Cl)c3)c(=O)c12. The van der Waals surface area contributed by atoms with Gasteiger partial charge >= 0.3 is 11.7 Å². The van der Waals surface area contributed by atoms with Crippen molar-refractivity contribution in [3.05, 3.63) is 89.2 Å². The number of halogens is 2. The maximum absolute atomic E-state index is 13.0. The molecule has 0 amide bonds. The Bertz CT molecular complexity index is 1600. The first-order valence-corrected chi connectivity index (χ1v) is 12.1. The number of carboxylic acid groups (broad SMARTS) is 1. The Labute approximate surface area is 194 Å². The first kappa shape index (κ1) is 22.3. The lowest BCUT2D eigenvalue weighted by molar-refractivity contribution is 0.0704. The maximum Gasteiger partial charge on any atom is 0.346 e. The number of carboxylic acids is 1. The van der Waals surface area contributed by atoms with Gasteiger partial charge in [0.2, 0.25) is 0 Å². The molecule has 0 fully saturated rings. The summed E-state index contributed by atoms with van der Waals surface area (Å²) < 4.78 is 26.7. The molecule has 0 aliphatic rings. The van der Waals surface area contributed by atoms with Gasteiger partial charge in [-0.05, 0) is 30.3 Å². The molecule has 0 saturated heterocycles. The maximum atomic E-state index is 13.0. The largest absolute Gasteiger partial charge is 0.477 e. The number of rotatable bonds is 5. The van der Waals surface area contributed by atoms with Crippen LogP contribution in [0.3, 0.4) is 0 Å². The molecule has 2 N–H and O–H groups in total. The summed E-state index contributed by atoms with van der Waals surface area (Å²) in [6.07, 6.45) is 0. The third-order valence-electron chi connectivity index (χ3n) is 4.68. The van der Waals surface area contributed by atoms with Crippen LogP contribution in [0.4, 0.5) is 0 Å². The van der Waals surface area contributed by atoms with E-state index in [9.17, 15) is 27.9 Å². The number of H-pyrrole nitrogens is 1. The van der Waals surface area contributed by atoms with Gasteiger partial charge in [0.05, 0.1) is 27.2 Å². The van der Waals surface area contributed by atoms with Gasteiger partial charge in [0, 0.05) is 21.0 Å². The van der Waals surface area contributed by atoms with E-state index in [0.29, 0.717) is 4.57 Å². The molecular weight excluding hydrogens is 499 g/mol. The summed E-state index contributed by atoms with van der Waals surface area (Å²) in [4.78, 5) is 39.0. The van der Waals surface area contributed by atoms with Crippen molar-refractivity contribution in [2.75, 3.05) is 0 Å². The molecule has 2 aromatic heterocycles. The van der Waals surface area contributed by atoms with Gasteiger partial charge in [-0.1, -0.05) is 35.3 Å². The highest BCUT2D eigenvalue weighted by Gasteiger charge is 2.22. The molecule has 0 aliphatic heterocycles. The van der Waals surface area contributed by atoms with Gasteiger partial charge in [0.1, 0.15) is 4.88 Å². The van der Waals surface area contributed by atoms with Crippen molar-refractivity contribution in [3.63, 3.8) is 0 Å². The number of hydrogen-bond donors (Lipinski definition) is 2. The van der Waals surface area contributed by atoms with Crippen LogP contribution in [0.15, 0.2) is 62.3 Å². The molecule has 4 aromatic rings. The number of benzene rings is 2. The summed E-state index contributed by atoms with van der Waals surface area (Å²) in [5.74, 6) is -1.80. The average molecular weight is 511 g/mol. The zero-order chi connectivity index (χ0) is 23.2. The lowest BCUT2D eigenvalue weighted by atomic mass is 10.2. The molecule has 2 aromatic carbocycles. The Morgan fingerprint density at radius 3 is 2.41 bits per heavy atom. The van der Waals surface area contributed by atoms with Crippen molar-refractivity contribution in [2.45, 2.75) is 10.6 Å². The molecule has 32 heavy (non-hydrogen) atoms. The van der Waals surface area contributed by atoms with Crippen molar-refractivity contribution in [2.24, 2.45) is 0 Å². The van der Waals surface area contributed by atoms with Gasteiger partial charge in [-0.25, -0.2) is 22.6 Å². The van der Waals surface area contributed by atoms with Gasteiger partial charge < -0.3 is 10.1 Å². The summed E-state index contributed by atoms with van der Waals surface area (Å²) in [5.41, 5.74) is -1.42. The fourth-order valence-corrected chi connectivity index (χ4v) is 6.15. The van der Waals surface area contributed by atoms with Crippen molar-refractivity contribution < 1.29 is 18.3 Å². The third kappa shape index (κ3) is 3.86. The van der Waals surface area contributed by atoms with E-state index in [1.165, 1.54) is 35.7 Å². The summed E-state index contributed by atoms with van der Waals surface area (Å²) in [6.45, 7) is 0. The second kappa shape index (κ2) is 8.21. The van der Waals surface area contributed by atoms with Gasteiger partial charge in [-0.2, -0.15) is 0 Å². The molecule has 12 heteroatoms. The minimum absolute atomic E-state index is 0.0352. The lowest BCUT2D eigenvalue weighted by Crippen LogP contribution is -2.33. The smallest absolute Gasteiger partial charge is 0.346 e. The van der Waals surface area contributed by atoms with E-state index in [1.807, 2.05) is 0 Å². The first-order chi connectivity index (χ1) is 15.1. The Kier molecular flexibility index (Phi) is 5.72. The minimum atomic E-state index is -3.96. The number of fused-ring (bicyclic) bond motifs is 1. The average Bonchev–Trinajstić information content (AvgIpc) is 3.15. The number of aromatic nitrogens is 2. The molecule has 0 saturated carbocycles. The van der Waals surface area contributed by atoms with E-state index in [0.717, 1.165) is 17.4 Å². The van der Waals surface area contributed by atoms with Crippen molar-refractivity contribution >= 4 is 61.2 Å². The topological polar surface area (TPSA) is 126 Å². The van der Waals surface area contributed by atoms with Gasteiger partial charge in [0.25, 0.3) is 5.56 Å². The van der Waals surface area contributed by atoms with Crippen molar-refractivity contribution in [1.29, 1.82) is 0 Å². The highest BCUT2D eigenvalue weighted by molar-refractivity contribution is 7.90. The second-order valence-electron chi connectivity index (χ2n) is 6.69. The van der Waals surface area contributed by atoms with E-state index in [2.05, 4.69) is 4.98 Å². The number of aromatic carboxylic acids is 1. The Balaban J connectivity index is 1.86. The molecule has 164 valence electrons. The molecule has 0 unspecified atom stereocenters. The van der Waals surface area contributed by atoms with Crippen LogP contribution in [0, 0.1) is 0 Å². The van der Waals surface area contributed by atoms with Gasteiger partial charge in [0.15, 0.2) is 9.84 Å². The number of nitrogens with zero attached hydrogens (tertiary/aromatic N) is 1. The fourth-order valence-electron chi connectivity index (χ4n) is 3.19. The number of carbonyl (C=O) groups is 1. The number of sulfone groups is 1. The highest BCUT2D eigenvalue weighted by Crippen LogP contribution is 2.29. The fraction of sp³-hybridized carbons (Fsp3) is 0.0500. The van der Waals surface area contributed by atoms with Crippen LogP contribution in [0.5, 0.6) is 0 Å². The molecule has 2 heterocycles. The molecule has 0 spiro atoms. The van der Waals surface area contributed by atoms with E-state index in [-0.39, 0.29) is 42.0 Å². The molecule has 4 rings (SSSR count). The van der Waals surface area contributed by atoms with Crippen LogP contribution < -0.4 is 11.2 Å².